The first kappa shape index (κ1) is 10.2. The zero-order valence-electron chi connectivity index (χ0n) is 8.74. The summed E-state index contributed by atoms with van der Waals surface area (Å²) in [5.74, 6) is -0.0807. The molecule has 0 heterocycles. The Kier molecular flexibility index (Phi) is 2.13. The second-order valence-corrected chi connectivity index (χ2v) is 4.22. The van der Waals surface area contributed by atoms with Crippen molar-refractivity contribution in [1.82, 2.24) is 0 Å². The van der Waals surface area contributed by atoms with Crippen LogP contribution in [0.2, 0.25) is 0 Å². The third kappa shape index (κ3) is 1.34. The van der Waals surface area contributed by atoms with E-state index in [0.717, 1.165) is 10.4 Å². The van der Waals surface area contributed by atoms with Crippen molar-refractivity contribution in [2.24, 2.45) is 0 Å². The minimum Gasteiger partial charge on any atom is -0.289 e. The van der Waals surface area contributed by atoms with Crippen molar-refractivity contribution in [2.45, 2.75) is 0 Å². The van der Waals surface area contributed by atoms with Gasteiger partial charge in [-0.25, -0.2) is 0 Å². The Labute approximate surface area is 102 Å². The number of benzene rings is 1. The van der Waals surface area contributed by atoms with Crippen molar-refractivity contribution >= 4 is 33.8 Å². The summed E-state index contributed by atoms with van der Waals surface area (Å²) in [5, 5.41) is 1.00. The number of allylic oxidation sites excluding steroid dienone is 4. The molecule has 0 bridgehead atoms. The Balaban J connectivity index is 2.55. The highest BCUT2D eigenvalue weighted by atomic mass is 35.5. The summed E-state index contributed by atoms with van der Waals surface area (Å²) in [6.07, 6.45) is 4.90. The highest BCUT2D eigenvalue weighted by molar-refractivity contribution is 6.75. The molecule has 0 N–H and O–H groups in total. The molecule has 2 aliphatic carbocycles. The Morgan fingerprint density at radius 1 is 1.12 bits per heavy atom. The molecular weight excluding hydrogens is 236 g/mol. The first-order chi connectivity index (χ1) is 8.20. The summed E-state index contributed by atoms with van der Waals surface area (Å²) < 4.78 is 0. The van der Waals surface area contributed by atoms with Gasteiger partial charge in [0, 0.05) is 11.1 Å². The lowest BCUT2D eigenvalue weighted by molar-refractivity contribution is -0.109. The van der Waals surface area contributed by atoms with Crippen LogP contribution >= 0.6 is 11.6 Å². The zero-order valence-corrected chi connectivity index (χ0v) is 9.49. The fraction of sp³-hybridized carbons (Fsp3) is 0. The second kappa shape index (κ2) is 3.54. The molecule has 0 unspecified atom stereocenters. The minimum absolute atomic E-state index is 0.0807. The van der Waals surface area contributed by atoms with Gasteiger partial charge in [-0.2, -0.15) is 0 Å². The number of rotatable bonds is 1. The summed E-state index contributed by atoms with van der Waals surface area (Å²) in [4.78, 5) is 23.4. The molecule has 0 fully saturated rings. The maximum atomic E-state index is 11.9. The van der Waals surface area contributed by atoms with Crippen LogP contribution in [-0.4, -0.2) is 11.0 Å². The van der Waals surface area contributed by atoms with Crippen molar-refractivity contribution in [2.75, 3.05) is 0 Å². The number of carbonyl (C=O) groups excluding carboxylic acids is 2. The Bertz CT molecular complexity index is 721. The molecule has 0 amide bonds. The first-order valence-electron chi connectivity index (χ1n) is 5.17. The SMILES string of the molecule is O=C(Cl)C1=c2ccccc2=C2C(=O)C=CC=C12. The maximum absolute atomic E-state index is 11.9. The van der Waals surface area contributed by atoms with Crippen LogP contribution in [0, 0.1) is 0 Å². The van der Waals surface area contributed by atoms with E-state index in [-0.39, 0.29) is 5.78 Å². The molecule has 82 valence electrons. The van der Waals surface area contributed by atoms with E-state index in [1.807, 2.05) is 24.3 Å². The fourth-order valence-electron chi connectivity index (χ4n) is 2.29. The molecule has 1 aromatic rings. The smallest absolute Gasteiger partial charge is 0.253 e. The predicted octanol–water partition coefficient (Wildman–Crippen LogP) is 0.832. The minimum atomic E-state index is -0.526. The summed E-state index contributed by atoms with van der Waals surface area (Å²) >= 11 is 5.61. The lowest BCUT2D eigenvalue weighted by Gasteiger charge is -2.07. The van der Waals surface area contributed by atoms with Gasteiger partial charge >= 0.3 is 0 Å². The summed E-state index contributed by atoms with van der Waals surface area (Å²) in [7, 11) is 0. The zero-order chi connectivity index (χ0) is 12.0. The third-order valence-electron chi connectivity index (χ3n) is 2.96. The Morgan fingerprint density at radius 3 is 2.53 bits per heavy atom. The first-order valence-corrected chi connectivity index (χ1v) is 5.55. The van der Waals surface area contributed by atoms with Crippen LogP contribution in [0.3, 0.4) is 0 Å². The molecular formula is C14H7ClO2. The van der Waals surface area contributed by atoms with Gasteiger partial charge in [0.15, 0.2) is 5.78 Å². The van der Waals surface area contributed by atoms with Gasteiger partial charge in [0.2, 0.25) is 0 Å². The third-order valence-corrected chi connectivity index (χ3v) is 3.15. The molecule has 0 atom stereocenters. The highest BCUT2D eigenvalue weighted by Crippen LogP contribution is 2.28. The topological polar surface area (TPSA) is 34.1 Å². The van der Waals surface area contributed by atoms with E-state index in [9.17, 15) is 9.59 Å². The fourth-order valence-corrected chi connectivity index (χ4v) is 2.50. The normalized spacial score (nSPS) is 16.8. The molecule has 0 saturated carbocycles. The summed E-state index contributed by atoms with van der Waals surface area (Å²) in [6.45, 7) is 0. The number of carbonyl (C=O) groups is 2. The van der Waals surface area contributed by atoms with E-state index in [4.69, 9.17) is 11.6 Å². The largest absolute Gasteiger partial charge is 0.289 e. The molecule has 2 aliphatic rings. The van der Waals surface area contributed by atoms with Crippen LogP contribution in [-0.2, 0) is 9.59 Å². The quantitative estimate of drug-likeness (QED) is 0.684. The Hall–Kier alpha value is -1.93. The van der Waals surface area contributed by atoms with E-state index in [1.165, 1.54) is 6.08 Å². The second-order valence-electron chi connectivity index (χ2n) is 3.87. The lowest BCUT2D eigenvalue weighted by Crippen LogP contribution is -2.25. The molecule has 0 aliphatic heterocycles. The average molecular weight is 243 g/mol. The van der Waals surface area contributed by atoms with Crippen LogP contribution in [0.1, 0.15) is 0 Å². The van der Waals surface area contributed by atoms with Crippen LogP contribution < -0.4 is 10.4 Å². The number of hydrogen-bond donors (Lipinski definition) is 0. The van der Waals surface area contributed by atoms with Crippen molar-refractivity contribution in [1.29, 1.82) is 0 Å². The standard InChI is InChI=1S/C14H7ClO2/c15-14(17)13-9-5-2-1-4-8(9)12-10(13)6-3-7-11(12)16/h1-7H. The monoisotopic (exact) mass is 242 g/mol. The van der Waals surface area contributed by atoms with Crippen LogP contribution in [0.25, 0.3) is 11.1 Å². The van der Waals surface area contributed by atoms with Gasteiger partial charge in [-0.3, -0.25) is 9.59 Å². The molecule has 1 aromatic carbocycles. The number of fused-ring (bicyclic) bond motifs is 2. The molecule has 0 radical (unpaired) electrons. The van der Waals surface area contributed by atoms with Crippen molar-refractivity contribution in [3.05, 3.63) is 58.5 Å². The van der Waals surface area contributed by atoms with E-state index in [2.05, 4.69) is 0 Å². The summed E-state index contributed by atoms with van der Waals surface area (Å²) in [6, 6.07) is 7.32. The van der Waals surface area contributed by atoms with E-state index < -0.39 is 5.24 Å². The van der Waals surface area contributed by atoms with Gasteiger partial charge in [0.1, 0.15) is 0 Å². The van der Waals surface area contributed by atoms with Gasteiger partial charge in [-0.05, 0) is 33.7 Å². The van der Waals surface area contributed by atoms with Gasteiger partial charge in [0.05, 0.1) is 0 Å². The highest BCUT2D eigenvalue weighted by Gasteiger charge is 2.27. The van der Waals surface area contributed by atoms with Gasteiger partial charge in [-0.1, -0.05) is 36.4 Å². The maximum Gasteiger partial charge on any atom is 0.253 e. The van der Waals surface area contributed by atoms with E-state index in [0.29, 0.717) is 16.7 Å². The van der Waals surface area contributed by atoms with E-state index >= 15 is 0 Å². The van der Waals surface area contributed by atoms with Crippen LogP contribution in [0.15, 0.2) is 48.1 Å². The van der Waals surface area contributed by atoms with Crippen molar-refractivity contribution < 1.29 is 9.59 Å². The predicted molar refractivity (Wildman–Crippen MR) is 65.6 cm³/mol. The van der Waals surface area contributed by atoms with Crippen LogP contribution in [0.5, 0.6) is 0 Å². The number of ketones is 1. The molecule has 3 rings (SSSR count). The molecule has 17 heavy (non-hydrogen) atoms. The number of hydrogen-bond acceptors (Lipinski definition) is 2. The molecule has 3 heteroatoms. The lowest BCUT2D eigenvalue weighted by atomic mass is 9.95. The van der Waals surface area contributed by atoms with Crippen LogP contribution in [0.4, 0.5) is 0 Å². The molecule has 0 aromatic heterocycles. The average Bonchev–Trinajstić information content (AvgIpc) is 2.64. The molecule has 2 nitrogen and oxygen atoms in total. The Morgan fingerprint density at radius 2 is 1.82 bits per heavy atom. The van der Waals surface area contributed by atoms with E-state index in [1.54, 1.807) is 12.2 Å². The van der Waals surface area contributed by atoms with Gasteiger partial charge < -0.3 is 0 Å². The van der Waals surface area contributed by atoms with Crippen molar-refractivity contribution in [3.63, 3.8) is 0 Å². The molecule has 0 saturated heterocycles. The summed E-state index contributed by atoms with van der Waals surface area (Å²) in [5.41, 5.74) is 1.64. The van der Waals surface area contributed by atoms with Crippen molar-refractivity contribution in [3.8, 4) is 0 Å². The van der Waals surface area contributed by atoms with Gasteiger partial charge in [0.25, 0.3) is 5.24 Å². The van der Waals surface area contributed by atoms with Gasteiger partial charge in [-0.15, -0.1) is 0 Å². The molecule has 0 spiro atoms. The number of halogens is 1.